The molecule has 0 saturated carbocycles. The van der Waals surface area contributed by atoms with Crippen LogP contribution in [0.3, 0.4) is 0 Å². The maximum atomic E-state index is 13.1. The minimum Gasteiger partial charge on any atom is -0.394 e. The number of allylic oxidation sites excluding steroid dienone is 7. The predicted molar refractivity (Wildman–Crippen MR) is 235 cm³/mol. The van der Waals surface area contributed by atoms with Gasteiger partial charge in [0.25, 0.3) is 0 Å². The lowest BCUT2D eigenvalue weighted by Gasteiger charge is -2.46. The van der Waals surface area contributed by atoms with Gasteiger partial charge in [-0.25, -0.2) is 0 Å². The number of carbonyl (C=O) groups excluding carboxylic acids is 1. The second-order valence-electron chi connectivity index (χ2n) is 16.5. The van der Waals surface area contributed by atoms with E-state index in [-0.39, 0.29) is 18.9 Å². The highest BCUT2D eigenvalue weighted by Crippen LogP contribution is 2.30. The van der Waals surface area contributed by atoms with Crippen LogP contribution in [0.1, 0.15) is 149 Å². The van der Waals surface area contributed by atoms with Crippen LogP contribution >= 0.6 is 0 Å². The molecule has 2 rings (SSSR count). The molecule has 2 saturated heterocycles. The number of hydrogen-bond acceptors (Lipinski definition) is 13. The average Bonchev–Trinajstić information content (AvgIpc) is 3.26. The van der Waals surface area contributed by atoms with Gasteiger partial charge in [-0.1, -0.05) is 133 Å². The Morgan fingerprint density at radius 2 is 1.08 bits per heavy atom. The molecule has 12 unspecified atom stereocenters. The summed E-state index contributed by atoms with van der Waals surface area (Å²) in [6.07, 6.45) is 21.7. The molecule has 0 aromatic carbocycles. The molecule has 12 atom stereocenters. The average molecular weight is 870 g/mol. The van der Waals surface area contributed by atoms with Crippen LogP contribution in [-0.2, 0) is 23.7 Å². The highest BCUT2D eigenvalue weighted by Gasteiger charge is 2.50. The lowest BCUT2D eigenvalue weighted by molar-refractivity contribution is -0.359. The molecule has 9 N–H and O–H groups in total. The second kappa shape index (κ2) is 34.4. The van der Waals surface area contributed by atoms with Crippen molar-refractivity contribution in [3.63, 3.8) is 0 Å². The van der Waals surface area contributed by atoms with Crippen LogP contribution in [0.15, 0.2) is 48.6 Å². The quantitative estimate of drug-likeness (QED) is 0.0309. The van der Waals surface area contributed by atoms with Crippen LogP contribution in [0.25, 0.3) is 0 Å². The zero-order chi connectivity index (χ0) is 44.7. The summed E-state index contributed by atoms with van der Waals surface area (Å²) in [4.78, 5) is 13.1. The van der Waals surface area contributed by atoms with Crippen LogP contribution in [-0.4, -0.2) is 140 Å². The molecule has 14 nitrogen and oxygen atoms in total. The van der Waals surface area contributed by atoms with Crippen molar-refractivity contribution < 1.29 is 64.6 Å². The molecule has 0 radical (unpaired) electrons. The number of amides is 1. The third kappa shape index (κ3) is 22.4. The van der Waals surface area contributed by atoms with E-state index in [1.165, 1.54) is 44.9 Å². The summed E-state index contributed by atoms with van der Waals surface area (Å²) in [5.74, 6) is -0.259. The van der Waals surface area contributed by atoms with E-state index < -0.39 is 86.8 Å². The van der Waals surface area contributed by atoms with Gasteiger partial charge in [0.1, 0.15) is 48.8 Å². The van der Waals surface area contributed by atoms with E-state index in [1.54, 1.807) is 6.08 Å². The van der Waals surface area contributed by atoms with Crippen LogP contribution in [0.4, 0.5) is 0 Å². The summed E-state index contributed by atoms with van der Waals surface area (Å²) < 4.78 is 22.6. The minimum absolute atomic E-state index is 0.259. The fourth-order valence-electron chi connectivity index (χ4n) is 7.35. The molecule has 354 valence electrons. The largest absolute Gasteiger partial charge is 0.394 e. The monoisotopic (exact) mass is 870 g/mol. The Balaban J connectivity index is 1.83. The molecule has 2 aliphatic rings. The first-order valence-electron chi connectivity index (χ1n) is 23.4. The van der Waals surface area contributed by atoms with Gasteiger partial charge < -0.3 is 65.1 Å². The Bertz CT molecular complexity index is 1210. The Hall–Kier alpha value is -2.05. The highest BCUT2D eigenvalue weighted by atomic mass is 16.7. The van der Waals surface area contributed by atoms with E-state index in [9.17, 15) is 45.6 Å². The van der Waals surface area contributed by atoms with Gasteiger partial charge in [0.15, 0.2) is 12.6 Å². The summed E-state index contributed by atoms with van der Waals surface area (Å²) in [6.45, 7) is 2.67. The Morgan fingerprint density at radius 3 is 1.69 bits per heavy atom. The zero-order valence-corrected chi connectivity index (χ0v) is 37.1. The fourth-order valence-corrected chi connectivity index (χ4v) is 7.35. The zero-order valence-electron chi connectivity index (χ0n) is 37.1. The van der Waals surface area contributed by atoms with E-state index in [0.29, 0.717) is 6.42 Å². The van der Waals surface area contributed by atoms with Gasteiger partial charge >= 0.3 is 0 Å². The lowest BCUT2D eigenvalue weighted by Crippen LogP contribution is -2.65. The molecule has 0 aliphatic carbocycles. The van der Waals surface area contributed by atoms with Gasteiger partial charge in [0.2, 0.25) is 5.91 Å². The second-order valence-corrected chi connectivity index (χ2v) is 16.5. The predicted octanol–water partition coefficient (Wildman–Crippen LogP) is 4.93. The third-order valence-corrected chi connectivity index (χ3v) is 11.3. The van der Waals surface area contributed by atoms with Crippen molar-refractivity contribution in [3.8, 4) is 0 Å². The number of rotatable bonds is 34. The number of aliphatic hydroxyl groups excluding tert-OH is 8. The molecule has 2 heterocycles. The molecule has 1 amide bonds. The first kappa shape index (κ1) is 55.1. The molecule has 0 spiro atoms. The standard InChI is InChI=1S/C47H83NO13/c1-3-5-7-9-11-13-14-15-16-17-18-19-20-21-22-23-25-27-29-31-39(52)48-35(36(51)30-28-26-24-12-10-8-6-4-2)34-58-46-44(57)42(55)45(38(33-50)60-46)61-47-43(56)41(54)40(53)37(32-49)59-47/h11,13,15-16,18-19,28,30,35-38,40-47,49-51,53-57H,3-10,12,14,17,20-27,29,31-34H2,1-2H3,(H,48,52)/b13-11-,16-15-,19-18-,30-28+. The molecule has 0 aromatic heterocycles. The molecular weight excluding hydrogens is 787 g/mol. The van der Waals surface area contributed by atoms with Crippen molar-refractivity contribution in [2.45, 2.75) is 222 Å². The van der Waals surface area contributed by atoms with Crippen molar-refractivity contribution in [1.29, 1.82) is 0 Å². The van der Waals surface area contributed by atoms with E-state index >= 15 is 0 Å². The molecular formula is C47H83NO13. The van der Waals surface area contributed by atoms with Gasteiger partial charge in [-0.05, 0) is 57.8 Å². The van der Waals surface area contributed by atoms with Gasteiger partial charge in [-0.15, -0.1) is 0 Å². The van der Waals surface area contributed by atoms with Crippen molar-refractivity contribution in [2.75, 3.05) is 19.8 Å². The number of aliphatic hydroxyl groups is 8. The molecule has 0 aromatic rings. The first-order valence-corrected chi connectivity index (χ1v) is 23.4. The van der Waals surface area contributed by atoms with E-state index in [4.69, 9.17) is 18.9 Å². The first-order chi connectivity index (χ1) is 29.6. The van der Waals surface area contributed by atoms with Crippen LogP contribution < -0.4 is 5.32 Å². The molecule has 61 heavy (non-hydrogen) atoms. The lowest BCUT2D eigenvalue weighted by atomic mass is 9.97. The van der Waals surface area contributed by atoms with Gasteiger partial charge in [-0.3, -0.25) is 4.79 Å². The van der Waals surface area contributed by atoms with Crippen molar-refractivity contribution >= 4 is 5.91 Å². The number of carbonyl (C=O) groups is 1. The maximum Gasteiger partial charge on any atom is 0.220 e. The van der Waals surface area contributed by atoms with Gasteiger partial charge in [-0.2, -0.15) is 0 Å². The van der Waals surface area contributed by atoms with Crippen molar-refractivity contribution in [3.05, 3.63) is 48.6 Å². The Kier molecular flexibility index (Phi) is 31.0. The minimum atomic E-state index is -1.79. The molecule has 0 bridgehead atoms. The van der Waals surface area contributed by atoms with E-state index in [1.807, 2.05) is 6.08 Å². The summed E-state index contributed by atoms with van der Waals surface area (Å²) in [5, 5.41) is 86.3. The number of unbranched alkanes of at least 4 members (excludes halogenated alkanes) is 15. The third-order valence-electron chi connectivity index (χ3n) is 11.3. The van der Waals surface area contributed by atoms with Gasteiger partial charge in [0, 0.05) is 6.42 Å². The van der Waals surface area contributed by atoms with Gasteiger partial charge in [0.05, 0.1) is 32.0 Å². The van der Waals surface area contributed by atoms with Crippen LogP contribution in [0.2, 0.25) is 0 Å². The Labute approximate surface area is 365 Å². The number of ether oxygens (including phenoxy) is 4. The molecule has 2 fully saturated rings. The number of nitrogens with one attached hydrogen (secondary N) is 1. The van der Waals surface area contributed by atoms with Crippen LogP contribution in [0.5, 0.6) is 0 Å². The summed E-state index contributed by atoms with van der Waals surface area (Å²) in [7, 11) is 0. The fraction of sp³-hybridized carbons (Fsp3) is 0.809. The smallest absolute Gasteiger partial charge is 0.220 e. The molecule has 14 heteroatoms. The normalized spacial score (nSPS) is 28.4. The molecule has 2 aliphatic heterocycles. The van der Waals surface area contributed by atoms with Crippen molar-refractivity contribution in [2.24, 2.45) is 0 Å². The van der Waals surface area contributed by atoms with Crippen molar-refractivity contribution in [1.82, 2.24) is 5.32 Å². The summed E-state index contributed by atoms with van der Waals surface area (Å²) >= 11 is 0. The number of hydrogen-bond donors (Lipinski definition) is 9. The van der Waals surface area contributed by atoms with E-state index in [2.05, 4.69) is 55.6 Å². The van der Waals surface area contributed by atoms with Crippen LogP contribution in [0, 0.1) is 0 Å². The topological polar surface area (TPSA) is 228 Å². The SMILES string of the molecule is CCCCC/C=C\C/C=C\C/C=C\CCCCCCCCC(=O)NC(COC1OC(CO)C(OC2OC(CO)C(O)C(O)C2O)C(O)C1O)C(O)/C=C/CCCCCCCC. The maximum absolute atomic E-state index is 13.1. The Morgan fingerprint density at radius 1 is 0.590 bits per heavy atom. The highest BCUT2D eigenvalue weighted by molar-refractivity contribution is 5.76. The summed E-state index contributed by atoms with van der Waals surface area (Å²) in [5.41, 5.74) is 0. The van der Waals surface area contributed by atoms with E-state index in [0.717, 1.165) is 77.0 Å². The summed E-state index contributed by atoms with van der Waals surface area (Å²) in [6, 6.07) is -0.919.